The molecule has 0 aromatic heterocycles. The SMILES string of the molecule is CCO[C@H]1OC(CO)[C@H](O[C@H]2OC(CO)[C@@H](O)C(O)[C@@H]2O)C(O[C@H]2OC(C)[C@H](O[C@H]3OC(CO)[C@@H](O)C(O[C@H]4OC(C)[C@H](O)C[C@@H]4O)[C@@]3(O)CC)C(O)[C@@H]2O)[C@@H]1O. The predicted octanol–water partition coefficient (Wildman–Crippen LogP) is -7.02. The van der Waals surface area contributed by atoms with Gasteiger partial charge in [0.2, 0.25) is 0 Å². The van der Waals surface area contributed by atoms with E-state index in [0.29, 0.717) is 0 Å². The van der Waals surface area contributed by atoms with Crippen molar-refractivity contribution in [2.75, 3.05) is 26.4 Å². The third kappa shape index (κ3) is 9.61. The summed E-state index contributed by atoms with van der Waals surface area (Å²) in [7, 11) is 0. The molecule has 9 unspecified atom stereocenters. The van der Waals surface area contributed by atoms with Crippen LogP contribution in [0.2, 0.25) is 0 Å². The Bertz CT molecular complexity index is 1240. The molecule has 23 nitrogen and oxygen atoms in total. The zero-order chi connectivity index (χ0) is 42.1. The van der Waals surface area contributed by atoms with Crippen LogP contribution < -0.4 is 0 Å². The maximum atomic E-state index is 12.0. The average Bonchev–Trinajstić information content (AvgIpc) is 3.18. The van der Waals surface area contributed by atoms with E-state index in [1.165, 1.54) is 20.8 Å². The Morgan fingerprint density at radius 1 is 0.509 bits per heavy atom. The van der Waals surface area contributed by atoms with Crippen molar-refractivity contribution in [1.29, 1.82) is 0 Å². The summed E-state index contributed by atoms with van der Waals surface area (Å²) in [5, 5.41) is 139. The van der Waals surface area contributed by atoms with Gasteiger partial charge in [0, 0.05) is 13.0 Å². The van der Waals surface area contributed by atoms with Gasteiger partial charge >= 0.3 is 0 Å². The van der Waals surface area contributed by atoms with Gasteiger partial charge in [-0.1, -0.05) is 6.92 Å². The highest BCUT2D eigenvalue weighted by Gasteiger charge is 2.60. The molecule has 334 valence electrons. The van der Waals surface area contributed by atoms with Gasteiger partial charge in [0.05, 0.1) is 38.1 Å². The van der Waals surface area contributed by atoms with Crippen molar-refractivity contribution in [2.45, 2.75) is 187 Å². The summed E-state index contributed by atoms with van der Waals surface area (Å²) in [6.07, 6.45) is -36.4. The number of hydrogen-bond acceptors (Lipinski definition) is 23. The van der Waals surface area contributed by atoms with E-state index in [2.05, 4.69) is 0 Å². The van der Waals surface area contributed by atoms with Crippen molar-refractivity contribution in [3.8, 4) is 0 Å². The van der Waals surface area contributed by atoms with Crippen LogP contribution >= 0.6 is 0 Å². The second-order valence-electron chi connectivity index (χ2n) is 15.0. The van der Waals surface area contributed by atoms with Crippen LogP contribution in [-0.4, -0.2) is 240 Å². The molecule has 0 aromatic carbocycles. The molecule has 0 saturated carbocycles. The predicted molar refractivity (Wildman–Crippen MR) is 181 cm³/mol. The molecule has 0 radical (unpaired) electrons. The summed E-state index contributed by atoms with van der Waals surface area (Å²) >= 11 is 0. The third-order valence-electron chi connectivity index (χ3n) is 11.2. The molecule has 0 bridgehead atoms. The number of ether oxygens (including phenoxy) is 10. The largest absolute Gasteiger partial charge is 0.394 e. The molecule has 5 aliphatic heterocycles. The first-order valence-corrected chi connectivity index (χ1v) is 19.1. The highest BCUT2D eigenvalue weighted by molar-refractivity contribution is 5.03. The van der Waals surface area contributed by atoms with Gasteiger partial charge in [0.1, 0.15) is 97.2 Å². The molecule has 5 fully saturated rings. The molecule has 0 amide bonds. The molecule has 23 heteroatoms. The molecular formula is C34H60O23. The van der Waals surface area contributed by atoms with E-state index in [9.17, 15) is 66.4 Å². The van der Waals surface area contributed by atoms with E-state index >= 15 is 0 Å². The van der Waals surface area contributed by atoms with E-state index in [0.717, 1.165) is 0 Å². The monoisotopic (exact) mass is 836 g/mol. The smallest absolute Gasteiger partial charge is 0.190 e. The Kier molecular flexibility index (Phi) is 16.4. The van der Waals surface area contributed by atoms with Crippen molar-refractivity contribution >= 4 is 0 Å². The quantitative estimate of drug-likeness (QED) is 0.0773. The number of rotatable bonds is 14. The first-order chi connectivity index (χ1) is 26.9. The first-order valence-electron chi connectivity index (χ1n) is 19.1. The summed E-state index contributed by atoms with van der Waals surface area (Å²) < 4.78 is 57.7. The second kappa shape index (κ2) is 19.9. The van der Waals surface area contributed by atoms with Crippen LogP contribution in [0.3, 0.4) is 0 Å². The summed E-state index contributed by atoms with van der Waals surface area (Å²) in [4.78, 5) is 0. The van der Waals surface area contributed by atoms with Crippen LogP contribution in [0.1, 0.15) is 40.5 Å². The van der Waals surface area contributed by atoms with Crippen LogP contribution in [0.5, 0.6) is 0 Å². The molecule has 13 N–H and O–H groups in total. The molecule has 5 aliphatic rings. The van der Waals surface area contributed by atoms with Gasteiger partial charge in [-0.15, -0.1) is 0 Å². The van der Waals surface area contributed by atoms with Crippen molar-refractivity contribution in [1.82, 2.24) is 0 Å². The Hall–Kier alpha value is -0.920. The van der Waals surface area contributed by atoms with Gasteiger partial charge < -0.3 is 114 Å². The van der Waals surface area contributed by atoms with Crippen molar-refractivity contribution in [3.63, 3.8) is 0 Å². The lowest BCUT2D eigenvalue weighted by Crippen LogP contribution is -2.71. The van der Waals surface area contributed by atoms with Gasteiger partial charge in [-0.25, -0.2) is 0 Å². The standard InChI is InChI=1S/C34H60O23/c1-5-34(47)28(57-29-14(39)7-13(38)11(3)49-29)19(41)16(9-36)53-33(34)56-25-12(4)50-31(23(45)21(25)43)55-27-24(46)30(48-6-2)52-17(10-37)26(27)54-32-22(44)20(42)18(40)15(8-35)51-32/h11-33,35-47H,5-10H2,1-4H3/t11?,12?,13-,14+,15?,16?,17?,18-,19-,20?,21?,22+,23+,24+,25+,26+,27?,28?,29-,30+,31-,32-,33-,34+/m1/s1. The molecule has 5 heterocycles. The Balaban J connectivity index is 1.35. The topological polar surface area (TPSA) is 355 Å². The summed E-state index contributed by atoms with van der Waals surface area (Å²) in [5.41, 5.74) is -2.25. The number of hydrogen-bond donors (Lipinski definition) is 13. The number of aliphatic hydroxyl groups excluding tert-OH is 12. The zero-order valence-electron chi connectivity index (χ0n) is 31.9. The van der Waals surface area contributed by atoms with Crippen LogP contribution in [0.4, 0.5) is 0 Å². The van der Waals surface area contributed by atoms with Crippen LogP contribution in [0.15, 0.2) is 0 Å². The minimum atomic E-state index is -2.25. The maximum absolute atomic E-state index is 12.0. The molecule has 5 rings (SSSR count). The average molecular weight is 837 g/mol. The first kappa shape index (κ1) is 47.1. The minimum Gasteiger partial charge on any atom is -0.394 e. The third-order valence-corrected chi connectivity index (χ3v) is 11.2. The Morgan fingerprint density at radius 3 is 1.68 bits per heavy atom. The van der Waals surface area contributed by atoms with Crippen molar-refractivity contribution < 1.29 is 114 Å². The molecule has 0 aromatic rings. The Labute approximate surface area is 327 Å². The second-order valence-corrected chi connectivity index (χ2v) is 15.0. The zero-order valence-corrected chi connectivity index (χ0v) is 31.9. The van der Waals surface area contributed by atoms with Crippen LogP contribution in [-0.2, 0) is 47.4 Å². The summed E-state index contributed by atoms with van der Waals surface area (Å²) in [6.45, 7) is 3.68. The minimum absolute atomic E-state index is 0.0199. The summed E-state index contributed by atoms with van der Waals surface area (Å²) in [5.74, 6) is 0. The molecule has 0 aliphatic carbocycles. The Morgan fingerprint density at radius 2 is 1.07 bits per heavy atom. The van der Waals surface area contributed by atoms with Gasteiger partial charge in [0.15, 0.2) is 31.5 Å². The molecule has 57 heavy (non-hydrogen) atoms. The fraction of sp³-hybridized carbons (Fsp3) is 1.00. The van der Waals surface area contributed by atoms with E-state index in [-0.39, 0.29) is 19.4 Å². The van der Waals surface area contributed by atoms with Crippen molar-refractivity contribution in [3.05, 3.63) is 0 Å². The van der Waals surface area contributed by atoms with E-state index in [4.69, 9.17) is 47.4 Å². The highest BCUT2D eigenvalue weighted by Crippen LogP contribution is 2.40. The normalized spacial score (nSPS) is 52.5. The molecule has 5 saturated heterocycles. The summed E-state index contributed by atoms with van der Waals surface area (Å²) in [6, 6.07) is 0. The molecule has 0 spiro atoms. The van der Waals surface area contributed by atoms with E-state index < -0.39 is 167 Å². The molecule has 24 atom stereocenters. The van der Waals surface area contributed by atoms with Gasteiger partial charge in [-0.05, 0) is 27.2 Å². The lowest BCUT2D eigenvalue weighted by molar-refractivity contribution is -0.407. The van der Waals surface area contributed by atoms with Crippen LogP contribution in [0.25, 0.3) is 0 Å². The van der Waals surface area contributed by atoms with Gasteiger partial charge in [-0.2, -0.15) is 0 Å². The van der Waals surface area contributed by atoms with Crippen LogP contribution in [0, 0.1) is 0 Å². The van der Waals surface area contributed by atoms with E-state index in [1.807, 2.05) is 0 Å². The van der Waals surface area contributed by atoms with E-state index in [1.54, 1.807) is 6.92 Å². The fourth-order valence-electron chi connectivity index (χ4n) is 7.66. The maximum Gasteiger partial charge on any atom is 0.190 e. The lowest BCUT2D eigenvalue weighted by atomic mass is 9.83. The highest BCUT2D eigenvalue weighted by atomic mass is 16.8. The lowest BCUT2D eigenvalue weighted by Gasteiger charge is -2.53. The molecular weight excluding hydrogens is 776 g/mol. The van der Waals surface area contributed by atoms with Crippen molar-refractivity contribution in [2.24, 2.45) is 0 Å². The fourth-order valence-corrected chi connectivity index (χ4v) is 7.66. The van der Waals surface area contributed by atoms with Gasteiger partial charge in [0.25, 0.3) is 0 Å². The number of aliphatic hydroxyl groups is 13. The van der Waals surface area contributed by atoms with Gasteiger partial charge in [-0.3, -0.25) is 0 Å².